The van der Waals surface area contributed by atoms with Gasteiger partial charge in [-0.25, -0.2) is 9.97 Å². The molecule has 3 heterocycles. The first kappa shape index (κ1) is 33.8. The zero-order valence-electron chi connectivity index (χ0n) is 33.1. The fourth-order valence-corrected chi connectivity index (χ4v) is 9.65. The van der Waals surface area contributed by atoms with Gasteiger partial charge in [-0.1, -0.05) is 145 Å². The fraction of sp³-hybridized carbons (Fsp3) is 0.170. The number of nitrogens with zero attached hydrogens (tertiary/aromatic N) is 2. The molecule has 0 atom stereocenters. The Kier molecular flexibility index (Phi) is 6.97. The summed E-state index contributed by atoms with van der Waals surface area (Å²) in [6.45, 7) is 14.6. The summed E-state index contributed by atoms with van der Waals surface area (Å²) in [6.07, 6.45) is 0. The van der Waals surface area contributed by atoms with E-state index in [0.29, 0.717) is 5.82 Å². The summed E-state index contributed by atoms with van der Waals surface area (Å²) in [5, 5.41) is 6.95. The van der Waals surface area contributed by atoms with Gasteiger partial charge in [-0.2, -0.15) is 0 Å². The van der Waals surface area contributed by atoms with Crippen molar-refractivity contribution in [3.8, 4) is 45.0 Å². The molecule has 3 aromatic heterocycles. The van der Waals surface area contributed by atoms with Crippen LogP contribution >= 0.6 is 0 Å². The Labute approximate surface area is 331 Å². The average molecular weight is 739 g/mol. The van der Waals surface area contributed by atoms with Gasteiger partial charge in [0.2, 0.25) is 0 Å². The predicted octanol–water partition coefficient (Wildman–Crippen LogP) is 14.7. The maximum atomic E-state index is 6.32. The van der Waals surface area contributed by atoms with E-state index in [4.69, 9.17) is 18.8 Å². The summed E-state index contributed by atoms with van der Waals surface area (Å²) >= 11 is 0. The first-order valence-corrected chi connectivity index (χ1v) is 19.9. The Hall–Kier alpha value is -6.52. The van der Waals surface area contributed by atoms with Crippen LogP contribution in [0.15, 0.2) is 154 Å². The molecule has 276 valence electrons. The number of hydrogen-bond donors (Lipinski definition) is 0. The van der Waals surface area contributed by atoms with Gasteiger partial charge in [0.15, 0.2) is 5.82 Å². The van der Waals surface area contributed by atoms with Crippen LogP contribution < -0.4 is 0 Å². The van der Waals surface area contributed by atoms with Crippen LogP contribution in [-0.4, -0.2) is 9.97 Å². The van der Waals surface area contributed by atoms with Crippen molar-refractivity contribution in [2.45, 2.75) is 52.4 Å². The number of aromatic nitrogens is 2. The van der Waals surface area contributed by atoms with E-state index in [1.54, 1.807) is 0 Å². The lowest BCUT2D eigenvalue weighted by molar-refractivity contribution is 0.125. The molecule has 0 bridgehead atoms. The average Bonchev–Trinajstić information content (AvgIpc) is 3.82. The third-order valence-corrected chi connectivity index (χ3v) is 14.0. The van der Waals surface area contributed by atoms with E-state index >= 15 is 0 Å². The largest absolute Gasteiger partial charge is 0.456 e. The van der Waals surface area contributed by atoms with E-state index in [1.807, 2.05) is 36.4 Å². The zero-order valence-corrected chi connectivity index (χ0v) is 33.1. The second kappa shape index (κ2) is 11.8. The summed E-state index contributed by atoms with van der Waals surface area (Å²) in [5.74, 6) is 0.661. The molecule has 1 aliphatic carbocycles. The first-order chi connectivity index (χ1) is 27.5. The summed E-state index contributed by atoms with van der Waals surface area (Å²) in [5.41, 5.74) is 13.3. The number of para-hydroxylation sites is 2. The van der Waals surface area contributed by atoms with Crippen molar-refractivity contribution in [2.24, 2.45) is 5.41 Å². The summed E-state index contributed by atoms with van der Waals surface area (Å²) in [7, 11) is 0. The number of furan rings is 2. The van der Waals surface area contributed by atoms with Crippen LogP contribution in [0.4, 0.5) is 0 Å². The zero-order chi connectivity index (χ0) is 38.8. The molecule has 0 fully saturated rings. The molecule has 4 heteroatoms. The van der Waals surface area contributed by atoms with Crippen molar-refractivity contribution in [3.63, 3.8) is 0 Å². The second-order valence-corrected chi connectivity index (χ2v) is 17.4. The van der Waals surface area contributed by atoms with Crippen LogP contribution in [0.2, 0.25) is 0 Å². The quantitative estimate of drug-likeness (QED) is 0.180. The van der Waals surface area contributed by atoms with Gasteiger partial charge in [-0.05, 0) is 91.7 Å². The van der Waals surface area contributed by atoms with Crippen molar-refractivity contribution < 1.29 is 8.83 Å². The lowest BCUT2D eigenvalue weighted by Gasteiger charge is -2.44. The van der Waals surface area contributed by atoms with Crippen molar-refractivity contribution in [3.05, 3.63) is 157 Å². The van der Waals surface area contributed by atoms with E-state index in [-0.39, 0.29) is 16.2 Å². The molecule has 1 aliphatic rings. The molecule has 0 saturated heterocycles. The van der Waals surface area contributed by atoms with Gasteiger partial charge in [-0.3, -0.25) is 0 Å². The Bertz CT molecular complexity index is 3140. The van der Waals surface area contributed by atoms with Crippen molar-refractivity contribution >= 4 is 54.6 Å². The molecule has 10 aromatic rings. The molecule has 4 nitrogen and oxygen atoms in total. The molecule has 0 N–H and O–H groups in total. The van der Waals surface area contributed by atoms with Crippen molar-refractivity contribution in [1.29, 1.82) is 0 Å². The number of fused-ring (bicyclic) bond motifs is 8. The van der Waals surface area contributed by atoms with Crippen LogP contribution in [0.1, 0.15) is 52.7 Å². The summed E-state index contributed by atoms with van der Waals surface area (Å²) in [6, 6.07) is 51.4. The highest BCUT2D eigenvalue weighted by Gasteiger charge is 2.57. The highest BCUT2D eigenvalue weighted by Crippen LogP contribution is 2.64. The highest BCUT2D eigenvalue weighted by atomic mass is 16.3. The second-order valence-electron chi connectivity index (χ2n) is 17.4. The minimum atomic E-state index is -0.0574. The van der Waals surface area contributed by atoms with Gasteiger partial charge in [0.25, 0.3) is 0 Å². The molecular weight excluding hydrogens is 697 g/mol. The van der Waals surface area contributed by atoms with Crippen LogP contribution in [0.25, 0.3) is 99.7 Å². The Balaban J connectivity index is 1.08. The maximum absolute atomic E-state index is 6.32. The number of benzene rings is 7. The highest BCUT2D eigenvalue weighted by molar-refractivity contribution is 6.07. The van der Waals surface area contributed by atoms with Gasteiger partial charge in [-0.15, -0.1) is 0 Å². The molecule has 0 aliphatic heterocycles. The van der Waals surface area contributed by atoms with Gasteiger partial charge < -0.3 is 8.83 Å². The van der Waals surface area contributed by atoms with Crippen LogP contribution in [-0.2, 0) is 10.8 Å². The fourth-order valence-electron chi connectivity index (χ4n) is 9.65. The van der Waals surface area contributed by atoms with E-state index in [1.165, 1.54) is 33.0 Å². The van der Waals surface area contributed by atoms with Crippen molar-refractivity contribution in [2.75, 3.05) is 0 Å². The number of hydrogen-bond acceptors (Lipinski definition) is 4. The van der Waals surface area contributed by atoms with Crippen LogP contribution in [0.5, 0.6) is 0 Å². The lowest BCUT2D eigenvalue weighted by atomic mass is 9.59. The van der Waals surface area contributed by atoms with Crippen LogP contribution in [0.3, 0.4) is 0 Å². The van der Waals surface area contributed by atoms with Gasteiger partial charge in [0.1, 0.15) is 22.3 Å². The van der Waals surface area contributed by atoms with E-state index in [9.17, 15) is 0 Å². The molecule has 0 spiro atoms. The van der Waals surface area contributed by atoms with Gasteiger partial charge >= 0.3 is 0 Å². The minimum Gasteiger partial charge on any atom is -0.456 e. The topological polar surface area (TPSA) is 52.1 Å². The van der Waals surface area contributed by atoms with E-state index < -0.39 is 0 Å². The van der Waals surface area contributed by atoms with Crippen LogP contribution in [0, 0.1) is 5.41 Å². The Morgan fingerprint density at radius 2 is 0.877 bits per heavy atom. The standard InChI is InChI=1S/C53H42N2O2/c1-51(2)41-27-33-13-7-8-14-36(33)48(49(41)52(3,4)53(51,5)6)31-19-21-32(22-20-31)50-54-42(34-23-25-39-37-15-9-11-17-44(37)56-46(39)28-34)30-43(55-50)35-24-26-40-38-16-10-12-18-45(38)57-47(40)29-35/h7-30H,1-6H3. The van der Waals surface area contributed by atoms with Crippen molar-refractivity contribution in [1.82, 2.24) is 9.97 Å². The third-order valence-electron chi connectivity index (χ3n) is 14.0. The van der Waals surface area contributed by atoms with E-state index in [0.717, 1.165) is 72.0 Å². The molecule has 0 amide bonds. The summed E-state index contributed by atoms with van der Waals surface area (Å²) < 4.78 is 12.6. The molecule has 0 saturated carbocycles. The Morgan fingerprint density at radius 3 is 1.46 bits per heavy atom. The summed E-state index contributed by atoms with van der Waals surface area (Å²) in [4.78, 5) is 10.5. The van der Waals surface area contributed by atoms with E-state index in [2.05, 4.69) is 151 Å². The molecule has 11 rings (SSSR count). The maximum Gasteiger partial charge on any atom is 0.160 e. The first-order valence-electron chi connectivity index (χ1n) is 19.9. The smallest absolute Gasteiger partial charge is 0.160 e. The molecule has 0 unspecified atom stereocenters. The molecule has 0 radical (unpaired) electrons. The normalized spacial score (nSPS) is 15.6. The Morgan fingerprint density at radius 1 is 0.404 bits per heavy atom. The lowest BCUT2D eigenvalue weighted by Crippen LogP contribution is -2.42. The van der Waals surface area contributed by atoms with Gasteiger partial charge in [0.05, 0.1) is 11.4 Å². The monoisotopic (exact) mass is 738 g/mol. The molecule has 57 heavy (non-hydrogen) atoms. The van der Waals surface area contributed by atoms with Gasteiger partial charge in [0, 0.05) is 38.2 Å². The minimum absolute atomic E-state index is 0.00793. The molecular formula is C53H42N2O2. The SMILES string of the molecule is CC1(C)c2cc3ccccc3c(-c3ccc(-c4nc(-c5ccc6c(c5)oc5ccccc56)cc(-c5ccc6c(c5)oc5ccccc56)n4)cc3)c2C(C)(C)C1(C)C. The molecule has 7 aromatic carbocycles. The third kappa shape index (κ3) is 4.80. The predicted molar refractivity (Wildman–Crippen MR) is 236 cm³/mol. The number of rotatable bonds is 4.